The van der Waals surface area contributed by atoms with Crippen molar-refractivity contribution in [1.29, 1.82) is 0 Å². The Hall–Kier alpha value is -1.25. The number of nitrogens with one attached hydrogen (secondary N) is 1. The fourth-order valence-electron chi connectivity index (χ4n) is 0.862. The summed E-state index contributed by atoms with van der Waals surface area (Å²) in [6, 6.07) is 0. The predicted octanol–water partition coefficient (Wildman–Crippen LogP) is 1.58. The Bertz CT molecular complexity index is 196. The number of carbonyl (C=O) groups is 1. The summed E-state index contributed by atoms with van der Waals surface area (Å²) in [5.74, 6) is 0. The minimum atomic E-state index is -0.355. The highest BCUT2D eigenvalue weighted by atomic mass is 16.5. The first kappa shape index (κ1) is 7.85. The predicted molar refractivity (Wildman–Crippen MR) is 42.0 cm³/mol. The Kier molecular flexibility index (Phi) is 2.72. The van der Waals surface area contributed by atoms with Crippen LogP contribution in [0.3, 0.4) is 0 Å². The smallest absolute Gasteiger partial charge is 0.411 e. The summed E-state index contributed by atoms with van der Waals surface area (Å²) in [7, 11) is 0. The molecule has 11 heavy (non-hydrogen) atoms. The summed E-state index contributed by atoms with van der Waals surface area (Å²) < 4.78 is 4.67. The minimum absolute atomic E-state index is 0.355. The Morgan fingerprint density at radius 2 is 2.55 bits per heavy atom. The van der Waals surface area contributed by atoms with E-state index >= 15 is 0 Å². The van der Waals surface area contributed by atoms with Gasteiger partial charge in [0.25, 0.3) is 0 Å². The van der Waals surface area contributed by atoms with Crippen LogP contribution in [-0.4, -0.2) is 12.7 Å². The molecule has 1 aliphatic rings. The molecule has 0 aromatic rings. The molecular formula is C8H11NO2. The van der Waals surface area contributed by atoms with Crippen LogP contribution in [-0.2, 0) is 4.74 Å². The molecule has 1 N–H and O–H groups in total. The van der Waals surface area contributed by atoms with Crippen LogP contribution in [0.15, 0.2) is 24.4 Å². The van der Waals surface area contributed by atoms with Gasteiger partial charge in [-0.3, -0.25) is 5.32 Å². The van der Waals surface area contributed by atoms with E-state index in [1.165, 1.54) is 0 Å². The summed E-state index contributed by atoms with van der Waals surface area (Å²) >= 11 is 0. The topological polar surface area (TPSA) is 38.3 Å². The molecule has 0 aromatic heterocycles. The molecule has 1 fully saturated rings. The number of carbonyl (C=O) groups excluding carboxylic acids is 1. The molecule has 3 nitrogen and oxygen atoms in total. The molecule has 0 saturated carbocycles. The summed E-state index contributed by atoms with van der Waals surface area (Å²) in [5.41, 5.74) is 0.932. The summed E-state index contributed by atoms with van der Waals surface area (Å²) in [5, 5.41) is 2.60. The Morgan fingerprint density at radius 1 is 1.73 bits per heavy atom. The quantitative estimate of drug-likeness (QED) is 0.611. The van der Waals surface area contributed by atoms with Gasteiger partial charge in [0.15, 0.2) is 0 Å². The van der Waals surface area contributed by atoms with Crippen LogP contribution >= 0.6 is 0 Å². The summed E-state index contributed by atoms with van der Waals surface area (Å²) in [6.07, 6.45) is 4.93. The zero-order valence-corrected chi connectivity index (χ0v) is 6.30. The molecule has 1 saturated heterocycles. The van der Waals surface area contributed by atoms with Gasteiger partial charge in [-0.1, -0.05) is 12.2 Å². The van der Waals surface area contributed by atoms with Gasteiger partial charge >= 0.3 is 6.09 Å². The maximum atomic E-state index is 10.6. The van der Waals surface area contributed by atoms with Crippen LogP contribution in [0.4, 0.5) is 4.79 Å². The highest BCUT2D eigenvalue weighted by Gasteiger charge is 2.10. The molecule has 1 rings (SSSR count). The van der Waals surface area contributed by atoms with Crippen molar-refractivity contribution in [3.05, 3.63) is 24.4 Å². The lowest BCUT2D eigenvalue weighted by atomic mass is 10.2. The maximum Gasteiger partial charge on any atom is 0.411 e. The van der Waals surface area contributed by atoms with Crippen LogP contribution in [0, 0.1) is 0 Å². The fraction of sp³-hybridized carbons (Fsp3) is 0.375. The molecule has 0 bridgehead atoms. The van der Waals surface area contributed by atoms with E-state index in [4.69, 9.17) is 0 Å². The van der Waals surface area contributed by atoms with E-state index in [2.05, 4.69) is 16.6 Å². The monoisotopic (exact) mass is 153 g/mol. The largest absolute Gasteiger partial charge is 0.449 e. The second-order valence-electron chi connectivity index (χ2n) is 2.26. The van der Waals surface area contributed by atoms with Crippen LogP contribution in [0.1, 0.15) is 12.8 Å². The van der Waals surface area contributed by atoms with E-state index in [-0.39, 0.29) is 6.09 Å². The lowest BCUT2D eigenvalue weighted by Crippen LogP contribution is -2.30. The number of cyclic esters (lactones) is 1. The average Bonchev–Trinajstić information content (AvgIpc) is 2.01. The van der Waals surface area contributed by atoms with Crippen molar-refractivity contribution >= 4 is 6.09 Å². The van der Waals surface area contributed by atoms with Gasteiger partial charge in [-0.25, -0.2) is 4.79 Å². The van der Waals surface area contributed by atoms with Crippen molar-refractivity contribution in [2.24, 2.45) is 0 Å². The maximum absolute atomic E-state index is 10.6. The Labute approximate surface area is 65.7 Å². The van der Waals surface area contributed by atoms with E-state index < -0.39 is 0 Å². The molecule has 0 aliphatic carbocycles. The third-order valence-corrected chi connectivity index (χ3v) is 1.40. The zero-order valence-electron chi connectivity index (χ0n) is 6.30. The number of rotatable bonds is 2. The zero-order chi connectivity index (χ0) is 8.10. The summed E-state index contributed by atoms with van der Waals surface area (Å²) in [4.78, 5) is 10.6. The first-order valence-electron chi connectivity index (χ1n) is 3.56. The van der Waals surface area contributed by atoms with Crippen LogP contribution in [0.2, 0.25) is 0 Å². The Morgan fingerprint density at radius 3 is 3.18 bits per heavy atom. The molecule has 1 heterocycles. The van der Waals surface area contributed by atoms with Gasteiger partial charge in [-0.05, 0) is 6.42 Å². The number of hydrogen-bond donors (Lipinski definition) is 1. The molecule has 0 atom stereocenters. The molecule has 0 radical (unpaired) electrons. The van der Waals surface area contributed by atoms with E-state index in [1.54, 1.807) is 6.08 Å². The van der Waals surface area contributed by atoms with Crippen molar-refractivity contribution in [2.45, 2.75) is 12.8 Å². The number of ether oxygens (including phenoxy) is 1. The standard InChI is InChI=1S/C8H11NO2/c1-2-3-4-7-5-6-11-8(10)9-7/h2,4H,1,3,5-6H2,(H,9,10)/b7-4+. The van der Waals surface area contributed by atoms with Crippen LogP contribution in [0.5, 0.6) is 0 Å². The molecule has 1 aliphatic heterocycles. The SMILES string of the molecule is C=CC/C=C1\CCOC(=O)N1. The highest BCUT2D eigenvalue weighted by Crippen LogP contribution is 2.05. The van der Waals surface area contributed by atoms with Crippen LogP contribution in [0.25, 0.3) is 0 Å². The highest BCUT2D eigenvalue weighted by molar-refractivity contribution is 5.70. The van der Waals surface area contributed by atoms with Gasteiger partial charge in [0, 0.05) is 12.1 Å². The molecule has 0 unspecified atom stereocenters. The van der Waals surface area contributed by atoms with E-state index in [1.807, 2.05) is 6.08 Å². The molecular weight excluding hydrogens is 142 g/mol. The molecule has 3 heteroatoms. The third kappa shape index (κ3) is 2.45. The Balaban J connectivity index is 2.44. The van der Waals surface area contributed by atoms with Crippen molar-refractivity contribution < 1.29 is 9.53 Å². The van der Waals surface area contributed by atoms with Gasteiger partial charge in [-0.15, -0.1) is 6.58 Å². The third-order valence-electron chi connectivity index (χ3n) is 1.40. The average molecular weight is 153 g/mol. The van der Waals surface area contributed by atoms with E-state index in [9.17, 15) is 4.79 Å². The van der Waals surface area contributed by atoms with Crippen molar-refractivity contribution in [2.75, 3.05) is 6.61 Å². The van der Waals surface area contributed by atoms with Gasteiger partial charge in [0.05, 0.1) is 6.61 Å². The number of alkyl carbamates (subject to hydrolysis) is 1. The van der Waals surface area contributed by atoms with Gasteiger partial charge < -0.3 is 4.74 Å². The molecule has 0 spiro atoms. The van der Waals surface area contributed by atoms with E-state index in [0.29, 0.717) is 6.61 Å². The fourth-order valence-corrected chi connectivity index (χ4v) is 0.862. The minimum Gasteiger partial charge on any atom is -0.449 e. The van der Waals surface area contributed by atoms with Crippen LogP contribution < -0.4 is 5.32 Å². The van der Waals surface area contributed by atoms with Crippen molar-refractivity contribution in [3.63, 3.8) is 0 Å². The van der Waals surface area contributed by atoms with Gasteiger partial charge in [0.1, 0.15) is 0 Å². The second kappa shape index (κ2) is 3.81. The first-order valence-corrected chi connectivity index (χ1v) is 3.56. The summed E-state index contributed by atoms with van der Waals surface area (Å²) in [6.45, 7) is 4.06. The van der Waals surface area contributed by atoms with Crippen molar-refractivity contribution in [1.82, 2.24) is 5.32 Å². The molecule has 0 aromatic carbocycles. The molecule has 1 amide bonds. The van der Waals surface area contributed by atoms with E-state index in [0.717, 1.165) is 18.5 Å². The van der Waals surface area contributed by atoms with Crippen molar-refractivity contribution in [3.8, 4) is 0 Å². The van der Waals surface area contributed by atoms with Gasteiger partial charge in [0.2, 0.25) is 0 Å². The first-order chi connectivity index (χ1) is 5.33. The lowest BCUT2D eigenvalue weighted by Gasteiger charge is -2.15. The number of allylic oxidation sites excluding steroid dienone is 2. The number of hydrogen-bond acceptors (Lipinski definition) is 2. The van der Waals surface area contributed by atoms with Gasteiger partial charge in [-0.2, -0.15) is 0 Å². The molecule has 60 valence electrons. The number of amides is 1. The second-order valence-corrected chi connectivity index (χ2v) is 2.26. The lowest BCUT2D eigenvalue weighted by molar-refractivity contribution is 0.138. The normalized spacial score (nSPS) is 20.7.